The van der Waals surface area contributed by atoms with Crippen LogP contribution in [0, 0.1) is 0 Å². The van der Waals surface area contributed by atoms with Gasteiger partial charge in [-0.15, -0.1) is 0 Å². The van der Waals surface area contributed by atoms with E-state index in [1.54, 1.807) is 6.07 Å². The van der Waals surface area contributed by atoms with Crippen LogP contribution in [0.3, 0.4) is 0 Å². The van der Waals surface area contributed by atoms with Crippen molar-refractivity contribution in [3.05, 3.63) is 70.8 Å². The molecule has 2 nitrogen and oxygen atoms in total. The molecular weight excluding hydrogens is 376 g/mol. The van der Waals surface area contributed by atoms with E-state index < -0.39 is 0 Å². The first-order valence-electron chi connectivity index (χ1n) is 10.5. The van der Waals surface area contributed by atoms with Gasteiger partial charge in [0, 0.05) is 16.2 Å². The molecule has 156 valence electrons. The summed E-state index contributed by atoms with van der Waals surface area (Å²) in [5.74, 6) is 0.0141. The summed E-state index contributed by atoms with van der Waals surface area (Å²) in [6.07, 6.45) is 10.4. The van der Waals surface area contributed by atoms with Crippen molar-refractivity contribution in [2.45, 2.75) is 69.5 Å². The maximum absolute atomic E-state index is 10.6. The van der Waals surface area contributed by atoms with Crippen LogP contribution in [0.1, 0.15) is 62.8 Å². The van der Waals surface area contributed by atoms with Gasteiger partial charge in [-0.1, -0.05) is 70.2 Å². The predicted octanol–water partition coefficient (Wildman–Crippen LogP) is 6.52. The van der Waals surface area contributed by atoms with Crippen LogP contribution in [-0.2, 0) is 23.7 Å². The van der Waals surface area contributed by atoms with Gasteiger partial charge in [0.1, 0.15) is 0 Å². The summed E-state index contributed by atoms with van der Waals surface area (Å²) in [7, 11) is 0. The summed E-state index contributed by atoms with van der Waals surface area (Å²) in [5, 5.41) is 21.5. The summed E-state index contributed by atoms with van der Waals surface area (Å²) in [4.78, 5) is 0. The Labute approximate surface area is 180 Å². The SMILES string of the molecule is CSC1C=C[C@](C)(c2cc(CCc3ccc(C(C)(C)C)cc3)cc(O)c2O)CC1. The Morgan fingerprint density at radius 2 is 1.69 bits per heavy atom. The van der Waals surface area contributed by atoms with Crippen molar-refractivity contribution in [2.75, 3.05) is 6.26 Å². The van der Waals surface area contributed by atoms with Gasteiger partial charge in [-0.25, -0.2) is 0 Å². The van der Waals surface area contributed by atoms with E-state index >= 15 is 0 Å². The molecular formula is C26H34O2S. The standard InChI is InChI=1S/C26H34O2S/c1-25(2,3)20-10-8-18(9-11-20)6-7-19-16-22(24(28)23(27)17-19)26(4)14-12-21(29-5)13-15-26/h8-12,14,16-17,21,27-28H,6-7,13,15H2,1-5H3/t21?,26-/m0/s1. The Kier molecular flexibility index (Phi) is 6.38. The maximum atomic E-state index is 10.6. The molecule has 1 unspecified atom stereocenters. The van der Waals surface area contributed by atoms with Gasteiger partial charge in [0.15, 0.2) is 11.5 Å². The van der Waals surface area contributed by atoms with Crippen LogP contribution in [0.2, 0.25) is 0 Å². The van der Waals surface area contributed by atoms with E-state index in [2.05, 4.69) is 76.4 Å². The van der Waals surface area contributed by atoms with Crippen LogP contribution in [0.25, 0.3) is 0 Å². The fourth-order valence-corrected chi connectivity index (χ4v) is 4.67. The lowest BCUT2D eigenvalue weighted by Gasteiger charge is -2.33. The second-order valence-corrected chi connectivity index (χ2v) is 10.6. The molecule has 0 aliphatic heterocycles. The number of hydrogen-bond acceptors (Lipinski definition) is 3. The van der Waals surface area contributed by atoms with E-state index in [9.17, 15) is 10.2 Å². The highest BCUT2D eigenvalue weighted by Gasteiger charge is 2.31. The molecule has 2 aromatic rings. The highest BCUT2D eigenvalue weighted by molar-refractivity contribution is 7.99. The topological polar surface area (TPSA) is 40.5 Å². The molecule has 0 spiro atoms. The second kappa shape index (κ2) is 8.47. The Hall–Kier alpha value is -1.87. The van der Waals surface area contributed by atoms with Crippen LogP contribution >= 0.6 is 11.8 Å². The lowest BCUT2D eigenvalue weighted by Crippen LogP contribution is -2.25. The smallest absolute Gasteiger partial charge is 0.161 e. The molecule has 0 heterocycles. The van der Waals surface area contributed by atoms with Crippen LogP contribution in [0.5, 0.6) is 11.5 Å². The molecule has 0 saturated carbocycles. The summed E-state index contributed by atoms with van der Waals surface area (Å²) in [6, 6.07) is 12.6. The Bertz CT molecular complexity index is 877. The largest absolute Gasteiger partial charge is 0.504 e. The fraction of sp³-hybridized carbons (Fsp3) is 0.462. The average molecular weight is 411 g/mol. The molecule has 0 fully saturated rings. The second-order valence-electron chi connectivity index (χ2n) is 9.55. The molecule has 2 aromatic carbocycles. The van der Waals surface area contributed by atoms with Crippen LogP contribution in [0.15, 0.2) is 48.6 Å². The molecule has 1 aliphatic rings. The third-order valence-electron chi connectivity index (χ3n) is 6.22. The third-order valence-corrected chi connectivity index (χ3v) is 7.22. The number of allylic oxidation sites excluding steroid dienone is 1. The van der Waals surface area contributed by atoms with Gasteiger partial charge in [-0.05, 0) is 60.1 Å². The molecule has 3 rings (SSSR count). The fourth-order valence-electron chi connectivity index (χ4n) is 4.08. The zero-order valence-corrected chi connectivity index (χ0v) is 19.1. The third kappa shape index (κ3) is 5.01. The number of benzene rings is 2. The van der Waals surface area contributed by atoms with Crippen molar-refractivity contribution in [1.29, 1.82) is 0 Å². The Morgan fingerprint density at radius 1 is 1.03 bits per heavy atom. The highest BCUT2D eigenvalue weighted by atomic mass is 32.2. The van der Waals surface area contributed by atoms with E-state index in [0.717, 1.165) is 36.8 Å². The molecule has 0 saturated heterocycles. The van der Waals surface area contributed by atoms with Gasteiger partial charge >= 0.3 is 0 Å². The van der Waals surface area contributed by atoms with Gasteiger partial charge in [0.25, 0.3) is 0 Å². The minimum Gasteiger partial charge on any atom is -0.504 e. The molecule has 1 aliphatic carbocycles. The monoisotopic (exact) mass is 410 g/mol. The molecule has 2 atom stereocenters. The van der Waals surface area contributed by atoms with E-state index in [-0.39, 0.29) is 22.3 Å². The van der Waals surface area contributed by atoms with Crippen molar-refractivity contribution < 1.29 is 10.2 Å². The number of thioether (sulfide) groups is 1. The average Bonchev–Trinajstić information content (AvgIpc) is 2.69. The normalized spacial score (nSPS) is 22.0. The molecule has 2 N–H and O–H groups in total. The van der Waals surface area contributed by atoms with Gasteiger partial charge in [-0.2, -0.15) is 11.8 Å². The van der Waals surface area contributed by atoms with E-state index in [1.165, 1.54) is 11.1 Å². The first-order valence-corrected chi connectivity index (χ1v) is 11.8. The quantitative estimate of drug-likeness (QED) is 0.435. The maximum Gasteiger partial charge on any atom is 0.161 e. The van der Waals surface area contributed by atoms with Crippen LogP contribution in [-0.4, -0.2) is 21.7 Å². The van der Waals surface area contributed by atoms with Crippen molar-refractivity contribution in [2.24, 2.45) is 0 Å². The number of rotatable bonds is 5. The molecule has 3 heteroatoms. The lowest BCUT2D eigenvalue weighted by atomic mass is 9.74. The minimum atomic E-state index is -0.238. The van der Waals surface area contributed by atoms with Crippen LogP contribution in [0.4, 0.5) is 0 Å². The lowest BCUT2D eigenvalue weighted by molar-refractivity contribution is 0.383. The van der Waals surface area contributed by atoms with Crippen molar-refractivity contribution in [3.63, 3.8) is 0 Å². The van der Waals surface area contributed by atoms with E-state index in [0.29, 0.717) is 5.25 Å². The number of phenolic OH excluding ortho intramolecular Hbond substituents is 2. The van der Waals surface area contributed by atoms with E-state index in [1.807, 2.05) is 11.8 Å². The van der Waals surface area contributed by atoms with Crippen molar-refractivity contribution >= 4 is 11.8 Å². The highest BCUT2D eigenvalue weighted by Crippen LogP contribution is 2.44. The van der Waals surface area contributed by atoms with Gasteiger partial charge in [0.05, 0.1) is 0 Å². The number of aryl methyl sites for hydroxylation is 2. The first kappa shape index (κ1) is 21.8. The summed E-state index contributed by atoms with van der Waals surface area (Å²) in [5.41, 5.74) is 4.46. The zero-order chi connectivity index (χ0) is 21.2. The predicted molar refractivity (Wildman–Crippen MR) is 125 cm³/mol. The van der Waals surface area contributed by atoms with Gasteiger partial charge < -0.3 is 10.2 Å². The summed E-state index contributed by atoms with van der Waals surface area (Å²) >= 11 is 1.86. The first-order chi connectivity index (χ1) is 13.6. The number of phenols is 2. The zero-order valence-electron chi connectivity index (χ0n) is 18.3. The molecule has 29 heavy (non-hydrogen) atoms. The molecule has 0 radical (unpaired) electrons. The van der Waals surface area contributed by atoms with Crippen molar-refractivity contribution in [1.82, 2.24) is 0 Å². The van der Waals surface area contributed by atoms with E-state index in [4.69, 9.17) is 0 Å². The number of aromatic hydroxyl groups is 2. The molecule has 0 amide bonds. The van der Waals surface area contributed by atoms with Crippen LogP contribution < -0.4 is 0 Å². The van der Waals surface area contributed by atoms with Gasteiger partial charge in [-0.3, -0.25) is 0 Å². The number of hydrogen-bond donors (Lipinski definition) is 2. The van der Waals surface area contributed by atoms with Gasteiger partial charge in [0.2, 0.25) is 0 Å². The van der Waals surface area contributed by atoms with Crippen molar-refractivity contribution in [3.8, 4) is 11.5 Å². The Balaban J connectivity index is 1.79. The minimum absolute atomic E-state index is 0.0119. The summed E-state index contributed by atoms with van der Waals surface area (Å²) < 4.78 is 0. The summed E-state index contributed by atoms with van der Waals surface area (Å²) in [6.45, 7) is 8.84. The molecule has 0 aromatic heterocycles. The molecule has 0 bridgehead atoms. The Morgan fingerprint density at radius 3 is 2.24 bits per heavy atom.